The van der Waals surface area contributed by atoms with Crippen molar-refractivity contribution in [2.45, 2.75) is 46.6 Å². The summed E-state index contributed by atoms with van der Waals surface area (Å²) in [5, 5.41) is 4.44. The lowest BCUT2D eigenvalue weighted by Crippen LogP contribution is -2.33. The monoisotopic (exact) mass is 357 g/mol. The van der Waals surface area contributed by atoms with Gasteiger partial charge in [-0.05, 0) is 43.4 Å². The summed E-state index contributed by atoms with van der Waals surface area (Å²) in [4.78, 5) is 14.7. The van der Waals surface area contributed by atoms with Crippen molar-refractivity contribution in [2.24, 2.45) is 7.05 Å². The molecule has 0 radical (unpaired) electrons. The fourth-order valence-electron chi connectivity index (χ4n) is 3.16. The largest absolute Gasteiger partial charge is 0.383 e. The van der Waals surface area contributed by atoms with E-state index >= 15 is 0 Å². The molecule has 5 heteroatoms. The van der Waals surface area contributed by atoms with Gasteiger partial charge in [0.25, 0.3) is 0 Å². The second-order valence-corrected chi connectivity index (χ2v) is 6.75. The molecular formula is C21H31N3O2. The van der Waals surface area contributed by atoms with Gasteiger partial charge in [-0.3, -0.25) is 9.48 Å². The van der Waals surface area contributed by atoms with Crippen LogP contribution in [-0.2, 0) is 36.0 Å². The number of hydrogen-bond acceptors (Lipinski definition) is 3. The van der Waals surface area contributed by atoms with Crippen LogP contribution in [0.4, 0.5) is 0 Å². The van der Waals surface area contributed by atoms with Crippen LogP contribution in [0.25, 0.3) is 0 Å². The van der Waals surface area contributed by atoms with Gasteiger partial charge in [-0.2, -0.15) is 5.10 Å². The Hall–Kier alpha value is -2.14. The van der Waals surface area contributed by atoms with Gasteiger partial charge in [0.2, 0.25) is 5.91 Å². The fourth-order valence-corrected chi connectivity index (χ4v) is 3.16. The SMILES string of the molecule is CCc1ccc(CN(CCOC)C(=O)CCc2c(C)nn(C)c2C)cc1. The van der Waals surface area contributed by atoms with E-state index in [1.807, 2.05) is 23.6 Å². The van der Waals surface area contributed by atoms with Crippen LogP contribution in [0.15, 0.2) is 24.3 Å². The number of carbonyl (C=O) groups is 1. The third-order valence-electron chi connectivity index (χ3n) is 4.97. The number of aromatic nitrogens is 2. The minimum Gasteiger partial charge on any atom is -0.383 e. The Balaban J connectivity index is 2.03. The quantitative estimate of drug-likeness (QED) is 0.692. The lowest BCUT2D eigenvalue weighted by atomic mass is 10.1. The standard InChI is InChI=1S/C21H31N3O2/c1-6-18-7-9-19(10-8-18)15-24(13-14-26-5)21(25)12-11-20-16(2)22-23(4)17(20)3/h7-10H,6,11-15H2,1-5H3. The molecule has 5 nitrogen and oxygen atoms in total. The number of hydrogen-bond donors (Lipinski definition) is 0. The topological polar surface area (TPSA) is 47.4 Å². The highest BCUT2D eigenvalue weighted by atomic mass is 16.5. The van der Waals surface area contributed by atoms with Crippen molar-refractivity contribution >= 4 is 5.91 Å². The number of amides is 1. The number of rotatable bonds is 9. The van der Waals surface area contributed by atoms with Crippen LogP contribution in [0, 0.1) is 13.8 Å². The molecule has 0 N–H and O–H groups in total. The smallest absolute Gasteiger partial charge is 0.223 e. The summed E-state index contributed by atoms with van der Waals surface area (Å²) in [6.45, 7) is 7.98. The Morgan fingerprint density at radius 3 is 2.38 bits per heavy atom. The third kappa shape index (κ3) is 5.18. The van der Waals surface area contributed by atoms with E-state index in [2.05, 4.69) is 43.2 Å². The number of carbonyl (C=O) groups excluding carboxylic acids is 1. The first-order valence-corrected chi connectivity index (χ1v) is 9.29. The second-order valence-electron chi connectivity index (χ2n) is 6.75. The summed E-state index contributed by atoms with van der Waals surface area (Å²) in [5.41, 5.74) is 5.79. The predicted molar refractivity (Wildman–Crippen MR) is 104 cm³/mol. The lowest BCUT2D eigenvalue weighted by molar-refractivity contribution is -0.132. The summed E-state index contributed by atoms with van der Waals surface area (Å²) in [6, 6.07) is 8.50. The molecule has 142 valence electrons. The van der Waals surface area contributed by atoms with E-state index in [1.165, 1.54) is 11.1 Å². The van der Waals surface area contributed by atoms with E-state index in [-0.39, 0.29) is 5.91 Å². The highest BCUT2D eigenvalue weighted by Gasteiger charge is 2.16. The van der Waals surface area contributed by atoms with Crippen molar-refractivity contribution in [3.05, 3.63) is 52.3 Å². The fraction of sp³-hybridized carbons (Fsp3) is 0.524. The minimum atomic E-state index is 0.157. The highest BCUT2D eigenvalue weighted by molar-refractivity contribution is 5.76. The maximum Gasteiger partial charge on any atom is 0.223 e. The Kier molecular flexibility index (Phi) is 7.39. The molecule has 1 aromatic carbocycles. The zero-order chi connectivity index (χ0) is 19.1. The van der Waals surface area contributed by atoms with Gasteiger partial charge < -0.3 is 9.64 Å². The molecule has 0 bridgehead atoms. The highest BCUT2D eigenvalue weighted by Crippen LogP contribution is 2.16. The van der Waals surface area contributed by atoms with Crippen molar-refractivity contribution in [3.63, 3.8) is 0 Å². The van der Waals surface area contributed by atoms with E-state index in [0.717, 1.165) is 29.8 Å². The van der Waals surface area contributed by atoms with Crippen LogP contribution in [0.5, 0.6) is 0 Å². The molecular weight excluding hydrogens is 326 g/mol. The summed E-state index contributed by atoms with van der Waals surface area (Å²) in [5.74, 6) is 0.157. The number of aryl methyl sites for hydroxylation is 3. The third-order valence-corrected chi connectivity index (χ3v) is 4.97. The van der Waals surface area contributed by atoms with Gasteiger partial charge in [0.1, 0.15) is 0 Å². The van der Waals surface area contributed by atoms with Gasteiger partial charge in [0, 0.05) is 39.4 Å². The number of benzene rings is 1. The van der Waals surface area contributed by atoms with Gasteiger partial charge >= 0.3 is 0 Å². The Morgan fingerprint density at radius 2 is 1.85 bits per heavy atom. The lowest BCUT2D eigenvalue weighted by Gasteiger charge is -2.23. The molecule has 2 aromatic rings. The van der Waals surface area contributed by atoms with Crippen LogP contribution < -0.4 is 0 Å². The number of methoxy groups -OCH3 is 1. The molecule has 1 amide bonds. The van der Waals surface area contributed by atoms with Crippen LogP contribution in [0.1, 0.15) is 41.4 Å². The average Bonchev–Trinajstić information content (AvgIpc) is 2.89. The predicted octanol–water partition coefficient (Wildman–Crippen LogP) is 3.21. The number of ether oxygens (including phenoxy) is 1. The molecule has 26 heavy (non-hydrogen) atoms. The molecule has 0 spiro atoms. The van der Waals surface area contributed by atoms with E-state index in [1.54, 1.807) is 7.11 Å². The molecule has 0 aliphatic carbocycles. The van der Waals surface area contributed by atoms with Gasteiger partial charge in [0.05, 0.1) is 12.3 Å². The molecule has 0 atom stereocenters. The van der Waals surface area contributed by atoms with Crippen LogP contribution >= 0.6 is 0 Å². The Morgan fingerprint density at radius 1 is 1.19 bits per heavy atom. The van der Waals surface area contributed by atoms with Crippen molar-refractivity contribution in [1.82, 2.24) is 14.7 Å². The van der Waals surface area contributed by atoms with Crippen molar-refractivity contribution in [2.75, 3.05) is 20.3 Å². The first-order valence-electron chi connectivity index (χ1n) is 9.29. The minimum absolute atomic E-state index is 0.157. The van der Waals surface area contributed by atoms with Gasteiger partial charge in [-0.25, -0.2) is 0 Å². The molecule has 0 saturated heterocycles. The number of nitrogens with zero attached hydrogens (tertiary/aromatic N) is 3. The van der Waals surface area contributed by atoms with Crippen LogP contribution in [-0.4, -0.2) is 40.8 Å². The van der Waals surface area contributed by atoms with E-state index in [9.17, 15) is 4.79 Å². The zero-order valence-corrected chi connectivity index (χ0v) is 16.7. The van der Waals surface area contributed by atoms with Crippen molar-refractivity contribution in [1.29, 1.82) is 0 Å². The molecule has 0 aliphatic rings. The molecule has 0 fully saturated rings. The summed E-state index contributed by atoms with van der Waals surface area (Å²) < 4.78 is 7.08. The molecule has 1 aromatic heterocycles. The first kappa shape index (κ1) is 20.2. The molecule has 0 saturated carbocycles. The second kappa shape index (κ2) is 9.53. The molecule has 0 unspecified atom stereocenters. The van der Waals surface area contributed by atoms with Gasteiger partial charge in [-0.1, -0.05) is 31.2 Å². The zero-order valence-electron chi connectivity index (χ0n) is 16.7. The van der Waals surface area contributed by atoms with Crippen molar-refractivity contribution < 1.29 is 9.53 Å². The summed E-state index contributed by atoms with van der Waals surface area (Å²) >= 11 is 0. The summed E-state index contributed by atoms with van der Waals surface area (Å²) in [7, 11) is 3.61. The Bertz CT molecular complexity index is 720. The normalized spacial score (nSPS) is 11.0. The Labute approximate surface area is 157 Å². The van der Waals surface area contributed by atoms with E-state index in [4.69, 9.17) is 4.74 Å². The van der Waals surface area contributed by atoms with Gasteiger partial charge in [0.15, 0.2) is 0 Å². The maximum atomic E-state index is 12.8. The van der Waals surface area contributed by atoms with Gasteiger partial charge in [-0.15, -0.1) is 0 Å². The van der Waals surface area contributed by atoms with E-state index in [0.29, 0.717) is 26.1 Å². The van der Waals surface area contributed by atoms with Crippen LogP contribution in [0.3, 0.4) is 0 Å². The van der Waals surface area contributed by atoms with Crippen molar-refractivity contribution in [3.8, 4) is 0 Å². The first-order chi connectivity index (χ1) is 12.5. The maximum absolute atomic E-state index is 12.8. The van der Waals surface area contributed by atoms with Crippen LogP contribution in [0.2, 0.25) is 0 Å². The molecule has 1 heterocycles. The summed E-state index contributed by atoms with van der Waals surface area (Å²) in [6.07, 6.45) is 2.24. The average molecular weight is 357 g/mol. The molecule has 2 rings (SSSR count). The molecule has 0 aliphatic heterocycles. The van der Waals surface area contributed by atoms with E-state index < -0.39 is 0 Å².